The number of rotatable bonds is 3. The lowest BCUT2D eigenvalue weighted by Gasteiger charge is -2.35. The molecule has 0 radical (unpaired) electrons. The molecule has 0 aromatic carbocycles. The molecule has 0 saturated carbocycles. The number of nitrogens with zero attached hydrogens (tertiary/aromatic N) is 2. The van der Waals surface area contributed by atoms with Crippen molar-refractivity contribution in [1.82, 2.24) is 20.4 Å². The van der Waals surface area contributed by atoms with Crippen LogP contribution in [-0.4, -0.2) is 45.3 Å². The molecule has 1 saturated heterocycles. The zero-order valence-corrected chi connectivity index (χ0v) is 14.3. The van der Waals surface area contributed by atoms with E-state index >= 15 is 0 Å². The largest absolute Gasteiger partial charge is 0.444 e. The lowest BCUT2D eigenvalue weighted by atomic mass is 10.0. The molecular formula is C16H26N4O3. The highest BCUT2D eigenvalue weighted by Crippen LogP contribution is 2.20. The number of aryl methyl sites for hydroxylation is 1. The number of H-pyrrole nitrogens is 1. The zero-order valence-electron chi connectivity index (χ0n) is 14.3. The van der Waals surface area contributed by atoms with Crippen LogP contribution in [0, 0.1) is 6.92 Å². The highest BCUT2D eigenvalue weighted by atomic mass is 16.6. The summed E-state index contributed by atoms with van der Waals surface area (Å²) in [6.45, 7) is 8.34. The monoisotopic (exact) mass is 322 g/mol. The first kappa shape index (κ1) is 17.3. The molecule has 1 aromatic rings. The lowest BCUT2D eigenvalue weighted by Crippen LogP contribution is -2.53. The third-order valence-corrected chi connectivity index (χ3v) is 3.82. The fraction of sp³-hybridized carbons (Fsp3) is 0.688. The average molecular weight is 322 g/mol. The fourth-order valence-electron chi connectivity index (χ4n) is 2.60. The summed E-state index contributed by atoms with van der Waals surface area (Å²) in [7, 11) is 0. The molecule has 0 spiro atoms. The molecule has 1 fully saturated rings. The Labute approximate surface area is 136 Å². The van der Waals surface area contributed by atoms with Crippen LogP contribution in [0.5, 0.6) is 0 Å². The van der Waals surface area contributed by atoms with Crippen molar-refractivity contribution in [3.05, 3.63) is 17.5 Å². The van der Waals surface area contributed by atoms with Gasteiger partial charge in [0.05, 0.1) is 6.20 Å². The number of carbonyl (C=O) groups excluding carboxylic acids is 2. The number of hydrogen-bond donors (Lipinski definition) is 2. The van der Waals surface area contributed by atoms with E-state index in [0.29, 0.717) is 19.5 Å². The molecule has 1 aliphatic heterocycles. The molecule has 23 heavy (non-hydrogen) atoms. The first-order valence-corrected chi connectivity index (χ1v) is 8.04. The van der Waals surface area contributed by atoms with Crippen molar-refractivity contribution in [3.63, 3.8) is 0 Å². The molecule has 2 amide bonds. The van der Waals surface area contributed by atoms with Crippen LogP contribution in [0.3, 0.4) is 0 Å². The predicted molar refractivity (Wildman–Crippen MR) is 85.8 cm³/mol. The van der Waals surface area contributed by atoms with Crippen molar-refractivity contribution in [2.75, 3.05) is 6.54 Å². The average Bonchev–Trinajstić information content (AvgIpc) is 2.88. The Morgan fingerprint density at radius 2 is 2.17 bits per heavy atom. The van der Waals surface area contributed by atoms with E-state index in [1.54, 1.807) is 11.1 Å². The number of nitrogens with one attached hydrogen (secondary N) is 2. The predicted octanol–water partition coefficient (Wildman–Crippen LogP) is 2.12. The Morgan fingerprint density at radius 3 is 2.78 bits per heavy atom. The summed E-state index contributed by atoms with van der Waals surface area (Å²) >= 11 is 0. The molecule has 0 unspecified atom stereocenters. The molecule has 1 aliphatic rings. The van der Waals surface area contributed by atoms with Gasteiger partial charge in [0.1, 0.15) is 11.6 Å². The van der Waals surface area contributed by atoms with Gasteiger partial charge in [0, 0.05) is 24.3 Å². The van der Waals surface area contributed by atoms with E-state index in [4.69, 9.17) is 4.74 Å². The molecular weight excluding hydrogens is 296 g/mol. The van der Waals surface area contributed by atoms with Crippen LogP contribution in [0.4, 0.5) is 4.79 Å². The Hall–Kier alpha value is -2.05. The van der Waals surface area contributed by atoms with Gasteiger partial charge < -0.3 is 10.1 Å². The van der Waals surface area contributed by atoms with E-state index < -0.39 is 17.7 Å². The first-order valence-electron chi connectivity index (χ1n) is 8.04. The molecule has 2 N–H and O–H groups in total. The number of hydrogen-bond acceptors (Lipinski definition) is 4. The van der Waals surface area contributed by atoms with E-state index in [2.05, 4.69) is 15.5 Å². The first-order chi connectivity index (χ1) is 10.8. The van der Waals surface area contributed by atoms with Gasteiger partial charge >= 0.3 is 6.09 Å². The number of ether oxygens (including phenoxy) is 1. The Bertz CT molecular complexity index is 562. The normalized spacial score (nSPS) is 18.6. The second-order valence-corrected chi connectivity index (χ2v) is 6.92. The molecule has 2 heterocycles. The maximum absolute atomic E-state index is 12.5. The van der Waals surface area contributed by atoms with Crippen molar-refractivity contribution in [3.8, 4) is 0 Å². The van der Waals surface area contributed by atoms with Gasteiger partial charge in [-0.3, -0.25) is 14.8 Å². The van der Waals surface area contributed by atoms with Gasteiger partial charge in [-0.25, -0.2) is 4.79 Å². The van der Waals surface area contributed by atoms with Crippen molar-refractivity contribution in [2.24, 2.45) is 0 Å². The third kappa shape index (κ3) is 4.71. The van der Waals surface area contributed by atoms with Gasteiger partial charge in [-0.2, -0.15) is 5.10 Å². The number of aromatic amines is 1. The van der Waals surface area contributed by atoms with Gasteiger partial charge in [-0.15, -0.1) is 0 Å². The van der Waals surface area contributed by atoms with Gasteiger partial charge in [0.2, 0.25) is 5.91 Å². The quantitative estimate of drug-likeness (QED) is 0.892. The van der Waals surface area contributed by atoms with Crippen LogP contribution in [-0.2, 0) is 16.1 Å². The summed E-state index contributed by atoms with van der Waals surface area (Å²) in [5.41, 5.74) is 1.31. The number of amides is 2. The maximum Gasteiger partial charge on any atom is 0.410 e. The summed E-state index contributed by atoms with van der Waals surface area (Å²) in [6, 6.07) is -0.467. The molecule has 128 valence electrons. The highest BCUT2D eigenvalue weighted by molar-refractivity contribution is 5.85. The van der Waals surface area contributed by atoms with Crippen LogP contribution in [0.15, 0.2) is 6.20 Å². The van der Waals surface area contributed by atoms with Crippen LogP contribution in [0.1, 0.15) is 51.3 Å². The summed E-state index contributed by atoms with van der Waals surface area (Å²) in [5, 5.41) is 9.67. The molecule has 0 aliphatic carbocycles. The van der Waals surface area contributed by atoms with Crippen LogP contribution < -0.4 is 5.32 Å². The van der Waals surface area contributed by atoms with E-state index in [9.17, 15) is 9.59 Å². The lowest BCUT2D eigenvalue weighted by molar-refractivity contribution is -0.127. The second kappa shape index (κ2) is 7.02. The molecule has 1 aromatic heterocycles. The SMILES string of the molecule is Cc1[nH]ncc1CNC(=O)[C@@H]1CCCCN1C(=O)OC(C)(C)C. The fourth-order valence-corrected chi connectivity index (χ4v) is 2.60. The number of carbonyl (C=O) groups is 2. The van der Waals surface area contributed by atoms with Gasteiger partial charge in [-0.1, -0.05) is 0 Å². The van der Waals surface area contributed by atoms with E-state index in [1.165, 1.54) is 0 Å². The smallest absolute Gasteiger partial charge is 0.410 e. The van der Waals surface area contributed by atoms with Gasteiger partial charge in [0.25, 0.3) is 0 Å². The van der Waals surface area contributed by atoms with Gasteiger partial charge in [-0.05, 0) is 47.0 Å². The van der Waals surface area contributed by atoms with Crippen LogP contribution >= 0.6 is 0 Å². The Morgan fingerprint density at radius 1 is 1.43 bits per heavy atom. The molecule has 0 bridgehead atoms. The summed E-state index contributed by atoms with van der Waals surface area (Å²) < 4.78 is 5.42. The summed E-state index contributed by atoms with van der Waals surface area (Å²) in [4.78, 5) is 26.4. The zero-order chi connectivity index (χ0) is 17.0. The molecule has 1 atom stereocenters. The topological polar surface area (TPSA) is 87.3 Å². The molecule has 7 heteroatoms. The number of piperidine rings is 1. The summed E-state index contributed by atoms with van der Waals surface area (Å²) in [5.74, 6) is -0.142. The van der Waals surface area contributed by atoms with Gasteiger partial charge in [0.15, 0.2) is 0 Å². The Balaban J connectivity index is 1.98. The van der Waals surface area contributed by atoms with E-state index in [1.807, 2.05) is 27.7 Å². The van der Waals surface area contributed by atoms with Crippen LogP contribution in [0.2, 0.25) is 0 Å². The highest BCUT2D eigenvalue weighted by Gasteiger charge is 2.34. The number of aromatic nitrogens is 2. The van der Waals surface area contributed by atoms with Crippen molar-refractivity contribution in [2.45, 2.75) is 65.1 Å². The minimum absolute atomic E-state index is 0.142. The standard InChI is InChI=1S/C16H26N4O3/c1-11-12(10-18-19-11)9-17-14(21)13-7-5-6-8-20(13)15(22)23-16(2,3)4/h10,13H,5-9H2,1-4H3,(H,17,21)(H,18,19)/t13-/m0/s1. The minimum Gasteiger partial charge on any atom is -0.444 e. The van der Waals surface area contributed by atoms with E-state index in [-0.39, 0.29) is 5.91 Å². The summed E-state index contributed by atoms with van der Waals surface area (Å²) in [6.07, 6.45) is 3.76. The minimum atomic E-state index is -0.566. The van der Waals surface area contributed by atoms with Crippen molar-refractivity contribution < 1.29 is 14.3 Å². The van der Waals surface area contributed by atoms with E-state index in [0.717, 1.165) is 24.1 Å². The Kier molecular flexibility index (Phi) is 5.28. The third-order valence-electron chi connectivity index (χ3n) is 3.82. The second-order valence-electron chi connectivity index (χ2n) is 6.92. The maximum atomic E-state index is 12.5. The molecule has 7 nitrogen and oxygen atoms in total. The van der Waals surface area contributed by atoms with Crippen molar-refractivity contribution >= 4 is 12.0 Å². The van der Waals surface area contributed by atoms with Crippen LogP contribution in [0.25, 0.3) is 0 Å². The number of likely N-dealkylation sites (tertiary alicyclic amines) is 1. The van der Waals surface area contributed by atoms with Crippen molar-refractivity contribution in [1.29, 1.82) is 0 Å². The molecule has 2 rings (SSSR count).